The number of carbonyl (C=O) groups excluding carboxylic acids is 1. The lowest BCUT2D eigenvalue weighted by Crippen LogP contribution is -2.07. The molecule has 18 heavy (non-hydrogen) atoms. The number of ketones is 1. The highest BCUT2D eigenvalue weighted by Gasteiger charge is 2.13. The van der Waals surface area contributed by atoms with Crippen LogP contribution in [-0.4, -0.2) is 16.0 Å². The monoisotopic (exact) mass is 240 g/mol. The Morgan fingerprint density at radius 1 is 1.17 bits per heavy atom. The van der Waals surface area contributed by atoms with E-state index >= 15 is 0 Å². The molecule has 0 aliphatic heterocycles. The van der Waals surface area contributed by atoms with Crippen LogP contribution in [0.2, 0.25) is 0 Å². The Kier molecular flexibility index (Phi) is 3.51. The highest BCUT2D eigenvalue weighted by molar-refractivity contribution is 6.09. The van der Waals surface area contributed by atoms with Crippen molar-refractivity contribution in [3.63, 3.8) is 0 Å². The van der Waals surface area contributed by atoms with E-state index < -0.39 is 0 Å². The van der Waals surface area contributed by atoms with Crippen LogP contribution in [0.4, 0.5) is 0 Å². The lowest BCUT2D eigenvalue weighted by Gasteiger charge is -2.06. The van der Waals surface area contributed by atoms with Crippen molar-refractivity contribution in [2.24, 2.45) is 0 Å². The average molecular weight is 240 g/mol. The van der Waals surface area contributed by atoms with Crippen molar-refractivity contribution in [1.29, 1.82) is 0 Å². The molecule has 2 aromatic rings. The number of aryl methyl sites for hydroxylation is 3. The summed E-state index contributed by atoms with van der Waals surface area (Å²) < 4.78 is 0. The van der Waals surface area contributed by atoms with Crippen LogP contribution >= 0.6 is 0 Å². The molecule has 0 spiro atoms. The zero-order valence-electron chi connectivity index (χ0n) is 10.9. The molecule has 0 saturated carbocycles. The molecule has 1 aromatic heterocycles. The summed E-state index contributed by atoms with van der Waals surface area (Å²) in [7, 11) is 0. The van der Waals surface area contributed by atoms with Gasteiger partial charge in [0.15, 0.2) is 5.78 Å². The Morgan fingerprint density at radius 3 is 2.67 bits per heavy atom. The Morgan fingerprint density at radius 2 is 1.94 bits per heavy atom. The molecule has 0 amide bonds. The number of rotatable bonds is 3. The van der Waals surface area contributed by atoms with Crippen molar-refractivity contribution in [2.45, 2.75) is 27.2 Å². The Balaban J connectivity index is 2.44. The third-order valence-electron chi connectivity index (χ3n) is 2.94. The number of benzene rings is 1. The standard InChI is InChI=1S/C15H16N2O/c1-4-12-6-5-7-13(9-12)15(18)14-8-10(2)16-17-11(14)3/h5-9H,4H2,1-3H3. The number of carbonyl (C=O) groups is 1. The Bertz CT molecular complexity index is 591. The van der Waals surface area contributed by atoms with Gasteiger partial charge in [0.25, 0.3) is 0 Å². The second-order valence-corrected chi connectivity index (χ2v) is 4.37. The van der Waals surface area contributed by atoms with Crippen LogP contribution in [0.3, 0.4) is 0 Å². The molecule has 0 atom stereocenters. The van der Waals surface area contributed by atoms with Crippen molar-refractivity contribution in [1.82, 2.24) is 10.2 Å². The van der Waals surface area contributed by atoms with Crippen LogP contribution in [0.1, 0.15) is 39.8 Å². The first-order valence-electron chi connectivity index (χ1n) is 6.06. The number of hydrogen-bond acceptors (Lipinski definition) is 3. The van der Waals surface area contributed by atoms with Crippen molar-refractivity contribution in [2.75, 3.05) is 0 Å². The molecule has 0 aliphatic rings. The van der Waals surface area contributed by atoms with Gasteiger partial charge in [-0.3, -0.25) is 4.79 Å². The summed E-state index contributed by atoms with van der Waals surface area (Å²) in [4.78, 5) is 12.4. The zero-order valence-corrected chi connectivity index (χ0v) is 10.9. The summed E-state index contributed by atoms with van der Waals surface area (Å²) in [6, 6.07) is 9.53. The van der Waals surface area contributed by atoms with Gasteiger partial charge in [-0.25, -0.2) is 0 Å². The molecule has 0 bridgehead atoms. The predicted molar refractivity (Wildman–Crippen MR) is 70.8 cm³/mol. The SMILES string of the molecule is CCc1cccc(C(=O)c2cc(C)nnc2C)c1. The molecule has 0 fully saturated rings. The Hall–Kier alpha value is -2.03. The first-order valence-corrected chi connectivity index (χ1v) is 6.06. The molecule has 92 valence electrons. The number of nitrogens with zero attached hydrogens (tertiary/aromatic N) is 2. The van der Waals surface area contributed by atoms with Gasteiger partial charge in [-0.15, -0.1) is 0 Å². The van der Waals surface area contributed by atoms with E-state index in [-0.39, 0.29) is 5.78 Å². The van der Waals surface area contributed by atoms with E-state index in [1.54, 1.807) is 6.07 Å². The lowest BCUT2D eigenvalue weighted by atomic mass is 10.00. The number of aromatic nitrogens is 2. The van der Waals surface area contributed by atoms with Gasteiger partial charge in [-0.2, -0.15) is 10.2 Å². The molecule has 3 heteroatoms. The third kappa shape index (κ3) is 2.45. The molecule has 1 aromatic carbocycles. The summed E-state index contributed by atoms with van der Waals surface area (Å²) in [6.07, 6.45) is 0.924. The van der Waals surface area contributed by atoms with Crippen LogP contribution in [0, 0.1) is 13.8 Å². The minimum absolute atomic E-state index is 0.0146. The summed E-state index contributed by atoms with van der Waals surface area (Å²) in [5, 5.41) is 7.94. The maximum absolute atomic E-state index is 12.4. The maximum Gasteiger partial charge on any atom is 0.194 e. The highest BCUT2D eigenvalue weighted by atomic mass is 16.1. The summed E-state index contributed by atoms with van der Waals surface area (Å²) in [5.41, 5.74) is 3.95. The van der Waals surface area contributed by atoms with Crippen LogP contribution in [0.15, 0.2) is 30.3 Å². The predicted octanol–water partition coefficient (Wildman–Crippen LogP) is 2.89. The van der Waals surface area contributed by atoms with Crippen LogP contribution in [-0.2, 0) is 6.42 Å². The molecule has 0 saturated heterocycles. The third-order valence-corrected chi connectivity index (χ3v) is 2.94. The topological polar surface area (TPSA) is 42.9 Å². The fourth-order valence-electron chi connectivity index (χ4n) is 1.87. The van der Waals surface area contributed by atoms with E-state index in [1.165, 1.54) is 0 Å². The summed E-state index contributed by atoms with van der Waals surface area (Å²) in [6.45, 7) is 5.72. The van der Waals surface area contributed by atoms with Gasteiger partial charge < -0.3 is 0 Å². The fourth-order valence-corrected chi connectivity index (χ4v) is 1.87. The zero-order chi connectivity index (χ0) is 13.1. The molecule has 0 radical (unpaired) electrons. The normalized spacial score (nSPS) is 10.4. The van der Waals surface area contributed by atoms with Gasteiger partial charge in [0.2, 0.25) is 0 Å². The number of hydrogen-bond donors (Lipinski definition) is 0. The highest BCUT2D eigenvalue weighted by Crippen LogP contribution is 2.14. The van der Waals surface area contributed by atoms with E-state index in [0.29, 0.717) is 16.8 Å². The minimum atomic E-state index is 0.0146. The lowest BCUT2D eigenvalue weighted by molar-refractivity contribution is 0.103. The first-order chi connectivity index (χ1) is 8.61. The minimum Gasteiger partial charge on any atom is -0.289 e. The fraction of sp³-hybridized carbons (Fsp3) is 0.267. The van der Waals surface area contributed by atoms with Crippen LogP contribution in [0.25, 0.3) is 0 Å². The van der Waals surface area contributed by atoms with E-state index in [9.17, 15) is 4.79 Å². The van der Waals surface area contributed by atoms with Crippen LogP contribution < -0.4 is 0 Å². The Labute approximate surface area is 107 Å². The van der Waals surface area contributed by atoms with Crippen molar-refractivity contribution >= 4 is 5.78 Å². The van der Waals surface area contributed by atoms with Gasteiger partial charge >= 0.3 is 0 Å². The quantitative estimate of drug-likeness (QED) is 0.775. The molecular weight excluding hydrogens is 224 g/mol. The molecule has 0 unspecified atom stereocenters. The summed E-state index contributed by atoms with van der Waals surface area (Å²) >= 11 is 0. The molecule has 0 N–H and O–H groups in total. The maximum atomic E-state index is 12.4. The van der Waals surface area contributed by atoms with Gasteiger partial charge in [-0.05, 0) is 38.0 Å². The van der Waals surface area contributed by atoms with E-state index in [0.717, 1.165) is 17.7 Å². The van der Waals surface area contributed by atoms with Gasteiger partial charge in [-0.1, -0.05) is 25.1 Å². The smallest absolute Gasteiger partial charge is 0.194 e. The first kappa shape index (κ1) is 12.4. The van der Waals surface area contributed by atoms with Crippen molar-refractivity contribution in [3.05, 3.63) is 58.4 Å². The average Bonchev–Trinajstić information content (AvgIpc) is 2.41. The van der Waals surface area contributed by atoms with E-state index in [1.807, 2.05) is 38.1 Å². The molecule has 1 heterocycles. The van der Waals surface area contributed by atoms with Gasteiger partial charge in [0, 0.05) is 11.1 Å². The van der Waals surface area contributed by atoms with Gasteiger partial charge in [0.05, 0.1) is 11.4 Å². The molecule has 3 nitrogen and oxygen atoms in total. The van der Waals surface area contributed by atoms with E-state index in [4.69, 9.17) is 0 Å². The van der Waals surface area contributed by atoms with Gasteiger partial charge in [0.1, 0.15) is 0 Å². The summed E-state index contributed by atoms with van der Waals surface area (Å²) in [5.74, 6) is 0.0146. The second kappa shape index (κ2) is 5.08. The second-order valence-electron chi connectivity index (χ2n) is 4.37. The van der Waals surface area contributed by atoms with Crippen molar-refractivity contribution < 1.29 is 4.79 Å². The largest absolute Gasteiger partial charge is 0.289 e. The molecule has 0 aliphatic carbocycles. The molecular formula is C15H16N2O. The van der Waals surface area contributed by atoms with Crippen molar-refractivity contribution in [3.8, 4) is 0 Å². The molecule has 2 rings (SSSR count). The van der Waals surface area contributed by atoms with E-state index in [2.05, 4.69) is 17.1 Å². The van der Waals surface area contributed by atoms with Crippen LogP contribution in [0.5, 0.6) is 0 Å².